The third-order valence-corrected chi connectivity index (χ3v) is 3.44. The summed E-state index contributed by atoms with van der Waals surface area (Å²) in [6.45, 7) is 2.88. The van der Waals surface area contributed by atoms with Crippen molar-refractivity contribution in [1.29, 1.82) is 0 Å². The topological polar surface area (TPSA) is 88.3 Å². The van der Waals surface area contributed by atoms with E-state index in [0.29, 0.717) is 25.2 Å². The number of hydrogen-bond donors (Lipinski definition) is 2. The second-order valence-corrected chi connectivity index (χ2v) is 5.12. The van der Waals surface area contributed by atoms with Crippen molar-refractivity contribution < 1.29 is 9.59 Å². The highest BCUT2D eigenvalue weighted by Crippen LogP contribution is 2.12. The van der Waals surface area contributed by atoms with Crippen LogP contribution in [0.15, 0.2) is 18.3 Å². The Balaban J connectivity index is 1.82. The highest BCUT2D eigenvalue weighted by atomic mass is 16.2. The summed E-state index contributed by atoms with van der Waals surface area (Å²) >= 11 is 0. The van der Waals surface area contributed by atoms with Gasteiger partial charge in [-0.2, -0.15) is 0 Å². The molecule has 0 saturated carbocycles. The van der Waals surface area contributed by atoms with Crippen LogP contribution >= 0.6 is 0 Å². The van der Waals surface area contributed by atoms with Gasteiger partial charge in [-0.05, 0) is 25.0 Å². The number of nitrogens with one attached hydrogen (secondary N) is 1. The number of amides is 2. The maximum atomic E-state index is 12.1. The van der Waals surface area contributed by atoms with Gasteiger partial charge in [0, 0.05) is 31.7 Å². The van der Waals surface area contributed by atoms with Gasteiger partial charge in [0.1, 0.15) is 0 Å². The second kappa shape index (κ2) is 6.36. The number of pyridine rings is 1. The number of nitrogens with zero attached hydrogens (tertiary/aromatic N) is 2. The van der Waals surface area contributed by atoms with E-state index in [9.17, 15) is 9.59 Å². The average molecular weight is 276 g/mol. The normalized spacial score (nSPS) is 15.9. The lowest BCUT2D eigenvalue weighted by Crippen LogP contribution is -2.46. The third-order valence-electron chi connectivity index (χ3n) is 3.44. The molecule has 1 fully saturated rings. The van der Waals surface area contributed by atoms with Crippen molar-refractivity contribution in [3.05, 3.63) is 24.0 Å². The van der Waals surface area contributed by atoms with E-state index in [1.165, 1.54) is 6.92 Å². The predicted molar refractivity (Wildman–Crippen MR) is 75.8 cm³/mol. The van der Waals surface area contributed by atoms with E-state index in [1.54, 1.807) is 18.3 Å². The first-order valence-corrected chi connectivity index (χ1v) is 6.80. The molecule has 1 aromatic heterocycles. The molecule has 108 valence electrons. The van der Waals surface area contributed by atoms with E-state index in [-0.39, 0.29) is 17.9 Å². The van der Waals surface area contributed by atoms with Crippen LogP contribution in [0.25, 0.3) is 0 Å². The lowest BCUT2D eigenvalue weighted by atomic mass is 10.0. The Hall–Kier alpha value is -2.11. The van der Waals surface area contributed by atoms with E-state index < -0.39 is 0 Å². The number of rotatable bonds is 3. The van der Waals surface area contributed by atoms with Gasteiger partial charge < -0.3 is 16.0 Å². The average Bonchev–Trinajstić information content (AvgIpc) is 2.41. The molecule has 6 heteroatoms. The smallest absolute Gasteiger partial charge is 0.228 e. The summed E-state index contributed by atoms with van der Waals surface area (Å²) < 4.78 is 0. The number of hydrogen-bond acceptors (Lipinski definition) is 4. The summed E-state index contributed by atoms with van der Waals surface area (Å²) in [4.78, 5) is 29.1. The van der Waals surface area contributed by atoms with Crippen LogP contribution < -0.4 is 11.1 Å². The molecule has 20 heavy (non-hydrogen) atoms. The summed E-state index contributed by atoms with van der Waals surface area (Å²) in [6.07, 6.45) is 3.47. The SMILES string of the molecule is CC(=O)NC1CCN(C(=O)Cc2ccc(N)cn2)CC1. The van der Waals surface area contributed by atoms with Gasteiger partial charge in [0.05, 0.1) is 18.3 Å². The molecule has 0 atom stereocenters. The minimum atomic E-state index is -0.0131. The molecule has 1 aliphatic heterocycles. The number of aromatic nitrogens is 1. The Bertz CT molecular complexity index is 478. The molecule has 1 aliphatic rings. The molecule has 2 heterocycles. The third kappa shape index (κ3) is 3.94. The molecule has 0 aliphatic carbocycles. The fourth-order valence-electron chi connectivity index (χ4n) is 2.37. The van der Waals surface area contributed by atoms with Crippen molar-refractivity contribution in [2.45, 2.75) is 32.2 Å². The van der Waals surface area contributed by atoms with Crippen LogP contribution in [-0.2, 0) is 16.0 Å². The number of carbonyl (C=O) groups excluding carboxylic acids is 2. The van der Waals surface area contributed by atoms with Gasteiger partial charge in [0.15, 0.2) is 0 Å². The Morgan fingerprint density at radius 2 is 2.10 bits per heavy atom. The molecular weight excluding hydrogens is 256 g/mol. The number of anilines is 1. The molecule has 6 nitrogen and oxygen atoms in total. The highest BCUT2D eigenvalue weighted by molar-refractivity contribution is 5.78. The summed E-state index contributed by atoms with van der Waals surface area (Å²) in [5.74, 6) is 0.0596. The maximum absolute atomic E-state index is 12.1. The van der Waals surface area contributed by atoms with Crippen molar-refractivity contribution in [2.24, 2.45) is 0 Å². The van der Waals surface area contributed by atoms with Gasteiger partial charge in [-0.3, -0.25) is 14.6 Å². The summed E-state index contributed by atoms with van der Waals surface area (Å²) in [5.41, 5.74) is 6.89. The lowest BCUT2D eigenvalue weighted by Gasteiger charge is -2.32. The molecule has 0 unspecified atom stereocenters. The first-order valence-electron chi connectivity index (χ1n) is 6.80. The molecule has 1 saturated heterocycles. The van der Waals surface area contributed by atoms with Crippen molar-refractivity contribution in [3.8, 4) is 0 Å². The van der Waals surface area contributed by atoms with Crippen molar-refractivity contribution in [3.63, 3.8) is 0 Å². The number of likely N-dealkylation sites (tertiary alicyclic amines) is 1. The first kappa shape index (κ1) is 14.3. The number of nitrogens with two attached hydrogens (primary N) is 1. The number of piperidine rings is 1. The quantitative estimate of drug-likeness (QED) is 0.833. The van der Waals surface area contributed by atoms with E-state index in [4.69, 9.17) is 5.73 Å². The standard InChI is InChI=1S/C14H20N4O2/c1-10(19)17-12-4-6-18(7-5-12)14(20)8-13-3-2-11(15)9-16-13/h2-3,9,12H,4-8,15H2,1H3,(H,17,19). The molecule has 0 radical (unpaired) electrons. The zero-order chi connectivity index (χ0) is 14.5. The van der Waals surface area contributed by atoms with Gasteiger partial charge in [-0.15, -0.1) is 0 Å². The molecule has 0 spiro atoms. The zero-order valence-corrected chi connectivity index (χ0v) is 11.6. The van der Waals surface area contributed by atoms with Gasteiger partial charge in [0.25, 0.3) is 0 Å². The summed E-state index contributed by atoms with van der Waals surface area (Å²) in [6, 6.07) is 3.71. The molecule has 3 N–H and O–H groups in total. The van der Waals surface area contributed by atoms with Gasteiger partial charge in [0.2, 0.25) is 11.8 Å². The minimum Gasteiger partial charge on any atom is -0.397 e. The Kier molecular flexibility index (Phi) is 4.55. The van der Waals surface area contributed by atoms with E-state index >= 15 is 0 Å². The van der Waals surface area contributed by atoms with Crippen molar-refractivity contribution in [2.75, 3.05) is 18.8 Å². The van der Waals surface area contributed by atoms with Crippen LogP contribution in [0, 0.1) is 0 Å². The van der Waals surface area contributed by atoms with Crippen molar-refractivity contribution >= 4 is 17.5 Å². The van der Waals surface area contributed by atoms with E-state index in [2.05, 4.69) is 10.3 Å². The van der Waals surface area contributed by atoms with Crippen LogP contribution in [0.3, 0.4) is 0 Å². The molecule has 2 amide bonds. The van der Waals surface area contributed by atoms with Crippen LogP contribution in [0.2, 0.25) is 0 Å². The Morgan fingerprint density at radius 1 is 1.40 bits per heavy atom. The fraction of sp³-hybridized carbons (Fsp3) is 0.500. The molecular formula is C14H20N4O2. The minimum absolute atomic E-state index is 0.0131. The second-order valence-electron chi connectivity index (χ2n) is 5.12. The van der Waals surface area contributed by atoms with E-state index in [0.717, 1.165) is 18.5 Å². The lowest BCUT2D eigenvalue weighted by molar-refractivity contribution is -0.131. The fourth-order valence-corrected chi connectivity index (χ4v) is 2.37. The number of carbonyl (C=O) groups is 2. The summed E-state index contributed by atoms with van der Waals surface area (Å²) in [7, 11) is 0. The van der Waals surface area contributed by atoms with Crippen LogP contribution in [-0.4, -0.2) is 40.8 Å². The highest BCUT2D eigenvalue weighted by Gasteiger charge is 2.23. The predicted octanol–water partition coefficient (Wildman–Crippen LogP) is 0.333. The Morgan fingerprint density at radius 3 is 2.65 bits per heavy atom. The molecule has 0 bridgehead atoms. The molecule has 2 rings (SSSR count). The zero-order valence-electron chi connectivity index (χ0n) is 11.6. The van der Waals surface area contributed by atoms with Gasteiger partial charge in [-0.1, -0.05) is 0 Å². The monoisotopic (exact) mass is 276 g/mol. The van der Waals surface area contributed by atoms with Crippen LogP contribution in [0.1, 0.15) is 25.5 Å². The first-order chi connectivity index (χ1) is 9.54. The maximum Gasteiger partial charge on any atom is 0.228 e. The Labute approximate surface area is 118 Å². The van der Waals surface area contributed by atoms with Gasteiger partial charge in [-0.25, -0.2) is 0 Å². The van der Waals surface area contributed by atoms with E-state index in [1.807, 2.05) is 4.90 Å². The molecule has 1 aromatic rings. The molecule has 0 aromatic carbocycles. The summed E-state index contributed by atoms with van der Waals surface area (Å²) in [5, 5.41) is 2.89. The largest absolute Gasteiger partial charge is 0.397 e. The number of nitrogen functional groups attached to an aromatic ring is 1. The van der Waals surface area contributed by atoms with Crippen LogP contribution in [0.4, 0.5) is 5.69 Å². The van der Waals surface area contributed by atoms with Gasteiger partial charge >= 0.3 is 0 Å². The van der Waals surface area contributed by atoms with Crippen LogP contribution in [0.5, 0.6) is 0 Å². The van der Waals surface area contributed by atoms with Crippen molar-refractivity contribution in [1.82, 2.24) is 15.2 Å².